The van der Waals surface area contributed by atoms with E-state index in [1.807, 2.05) is 42.5 Å². The Balaban J connectivity index is 1.38. The zero-order valence-electron chi connectivity index (χ0n) is 13.4. The number of fused-ring (bicyclic) bond motifs is 1. The van der Waals surface area contributed by atoms with Gasteiger partial charge in [-0.2, -0.15) is 0 Å². The molecule has 6 nitrogen and oxygen atoms in total. The average molecular weight is 355 g/mol. The molecule has 0 saturated heterocycles. The van der Waals surface area contributed by atoms with E-state index in [1.165, 1.54) is 11.3 Å². The summed E-state index contributed by atoms with van der Waals surface area (Å²) in [6.45, 7) is 0.117. The van der Waals surface area contributed by atoms with Crippen LogP contribution in [0.15, 0.2) is 54.6 Å². The minimum Gasteiger partial charge on any atom is -0.484 e. The highest BCUT2D eigenvalue weighted by Crippen LogP contribution is 2.21. The average Bonchev–Trinajstić information content (AvgIpc) is 3.07. The lowest BCUT2D eigenvalue weighted by Gasteiger charge is -2.07. The van der Waals surface area contributed by atoms with Gasteiger partial charge >= 0.3 is 0 Å². The number of carbonyl (C=O) groups excluding carboxylic acids is 2. The van der Waals surface area contributed by atoms with Gasteiger partial charge < -0.3 is 15.4 Å². The van der Waals surface area contributed by atoms with E-state index in [0.717, 1.165) is 15.2 Å². The molecule has 2 aromatic carbocycles. The highest BCUT2D eigenvalue weighted by atomic mass is 32.1. The molecule has 2 N–H and O–H groups in total. The van der Waals surface area contributed by atoms with E-state index >= 15 is 0 Å². The van der Waals surface area contributed by atoms with E-state index < -0.39 is 0 Å². The van der Waals surface area contributed by atoms with Gasteiger partial charge in [-0.15, -0.1) is 11.3 Å². The normalized spacial score (nSPS) is 10.4. The Morgan fingerprint density at radius 3 is 2.52 bits per heavy atom. The van der Waals surface area contributed by atoms with Gasteiger partial charge in [0, 0.05) is 0 Å². The summed E-state index contributed by atoms with van der Waals surface area (Å²) in [5.41, 5.74) is 0.920. The van der Waals surface area contributed by atoms with E-state index in [2.05, 4.69) is 15.6 Å². The van der Waals surface area contributed by atoms with Crippen molar-refractivity contribution in [2.45, 2.75) is 6.54 Å². The van der Waals surface area contributed by atoms with E-state index in [1.54, 1.807) is 12.1 Å². The second-order valence-electron chi connectivity index (χ2n) is 5.23. The number of hydrogen-bond donors (Lipinski definition) is 2. The molecule has 0 spiro atoms. The summed E-state index contributed by atoms with van der Waals surface area (Å²) in [6.07, 6.45) is 0. The lowest BCUT2D eigenvalue weighted by Crippen LogP contribution is -2.38. The number of carbonyl (C=O) groups is 2. The third-order valence-electron chi connectivity index (χ3n) is 3.33. The third kappa shape index (κ3) is 5.02. The lowest BCUT2D eigenvalue weighted by molar-refractivity contribution is -0.127. The van der Waals surface area contributed by atoms with Crippen molar-refractivity contribution < 1.29 is 14.3 Å². The molecule has 0 bridgehead atoms. The predicted octanol–water partition coefficient (Wildman–Crippen LogP) is 2.11. The van der Waals surface area contributed by atoms with Gasteiger partial charge in [0.1, 0.15) is 10.8 Å². The van der Waals surface area contributed by atoms with E-state index in [4.69, 9.17) is 4.74 Å². The molecule has 0 saturated carbocycles. The molecule has 128 valence electrons. The molecular weight excluding hydrogens is 338 g/mol. The molecule has 1 heterocycles. The fraction of sp³-hybridized carbons (Fsp3) is 0.167. The fourth-order valence-electron chi connectivity index (χ4n) is 2.13. The molecular formula is C18H17N3O3S. The maximum Gasteiger partial charge on any atom is 0.258 e. The first-order valence-electron chi connectivity index (χ1n) is 7.76. The number of amides is 2. The van der Waals surface area contributed by atoms with Crippen molar-refractivity contribution in [3.05, 3.63) is 59.6 Å². The van der Waals surface area contributed by atoms with Crippen LogP contribution in [0.4, 0.5) is 0 Å². The molecule has 3 rings (SSSR count). The van der Waals surface area contributed by atoms with Crippen LogP contribution in [0.3, 0.4) is 0 Å². The zero-order valence-corrected chi connectivity index (χ0v) is 14.2. The third-order valence-corrected chi connectivity index (χ3v) is 4.37. The van der Waals surface area contributed by atoms with Crippen molar-refractivity contribution in [2.24, 2.45) is 0 Å². The quantitative estimate of drug-likeness (QED) is 0.680. The maximum absolute atomic E-state index is 11.8. The minimum absolute atomic E-state index is 0.0954. The van der Waals surface area contributed by atoms with Crippen LogP contribution in [0.2, 0.25) is 0 Å². The van der Waals surface area contributed by atoms with E-state index in [-0.39, 0.29) is 25.0 Å². The SMILES string of the molecule is O=C(CNC(=O)COc1ccccc1)NCc1nc2ccccc2s1. The second kappa shape index (κ2) is 8.25. The van der Waals surface area contributed by atoms with Crippen LogP contribution in [0.25, 0.3) is 10.2 Å². The Morgan fingerprint density at radius 2 is 1.72 bits per heavy atom. The maximum atomic E-state index is 11.8. The van der Waals surface area contributed by atoms with Crippen LogP contribution >= 0.6 is 11.3 Å². The Labute approximate surface area is 148 Å². The number of para-hydroxylation sites is 2. The highest BCUT2D eigenvalue weighted by molar-refractivity contribution is 7.18. The van der Waals surface area contributed by atoms with E-state index in [9.17, 15) is 9.59 Å². The van der Waals surface area contributed by atoms with Gasteiger partial charge in [0.2, 0.25) is 5.91 Å². The Bertz CT molecular complexity index is 831. The Morgan fingerprint density at radius 1 is 0.960 bits per heavy atom. The zero-order chi connectivity index (χ0) is 17.5. The minimum atomic E-state index is -0.348. The molecule has 0 radical (unpaired) electrons. The van der Waals surface area contributed by atoms with Gasteiger partial charge in [0.05, 0.1) is 23.3 Å². The van der Waals surface area contributed by atoms with Crippen LogP contribution in [-0.2, 0) is 16.1 Å². The molecule has 3 aromatic rings. The largest absolute Gasteiger partial charge is 0.484 e. The molecule has 2 amide bonds. The molecule has 25 heavy (non-hydrogen) atoms. The number of ether oxygens (including phenoxy) is 1. The van der Waals surface area contributed by atoms with Gasteiger partial charge in [0.15, 0.2) is 6.61 Å². The molecule has 7 heteroatoms. The van der Waals surface area contributed by atoms with Crippen LogP contribution in [0.1, 0.15) is 5.01 Å². The molecule has 0 aliphatic carbocycles. The molecule has 1 aromatic heterocycles. The highest BCUT2D eigenvalue weighted by Gasteiger charge is 2.08. The van der Waals surface area contributed by atoms with Gasteiger partial charge in [0.25, 0.3) is 5.91 Å². The number of nitrogens with one attached hydrogen (secondary N) is 2. The number of rotatable bonds is 7. The van der Waals surface area contributed by atoms with Crippen molar-refractivity contribution >= 4 is 33.4 Å². The number of thiazole rings is 1. The van der Waals surface area contributed by atoms with Gasteiger partial charge in [-0.1, -0.05) is 30.3 Å². The predicted molar refractivity (Wildman–Crippen MR) is 96.4 cm³/mol. The van der Waals surface area contributed by atoms with Crippen molar-refractivity contribution in [1.82, 2.24) is 15.6 Å². The Kier molecular flexibility index (Phi) is 5.58. The smallest absolute Gasteiger partial charge is 0.258 e. The van der Waals surface area contributed by atoms with Crippen molar-refractivity contribution in [2.75, 3.05) is 13.2 Å². The summed E-state index contributed by atoms with van der Waals surface area (Å²) in [6, 6.07) is 16.8. The van der Waals surface area contributed by atoms with Crippen molar-refractivity contribution in [3.8, 4) is 5.75 Å². The van der Waals surface area contributed by atoms with Gasteiger partial charge in [-0.05, 0) is 24.3 Å². The summed E-state index contributed by atoms with van der Waals surface area (Å²) in [5.74, 6) is -0.00996. The van der Waals surface area contributed by atoms with Crippen molar-refractivity contribution in [3.63, 3.8) is 0 Å². The number of hydrogen-bond acceptors (Lipinski definition) is 5. The molecule has 0 fully saturated rings. The van der Waals surface area contributed by atoms with Crippen LogP contribution in [0, 0.1) is 0 Å². The summed E-state index contributed by atoms with van der Waals surface area (Å²) in [7, 11) is 0. The summed E-state index contributed by atoms with van der Waals surface area (Å²) in [4.78, 5) is 27.9. The standard InChI is InChI=1S/C18H17N3O3S/c22-16(10-19-17(23)12-24-13-6-2-1-3-7-13)20-11-18-21-14-8-4-5-9-15(14)25-18/h1-9H,10-12H2,(H,19,23)(H,20,22). The molecule has 0 aliphatic heterocycles. The van der Waals surface area contributed by atoms with Gasteiger partial charge in [-0.25, -0.2) is 4.98 Å². The van der Waals surface area contributed by atoms with Crippen molar-refractivity contribution in [1.29, 1.82) is 0 Å². The van der Waals surface area contributed by atoms with E-state index in [0.29, 0.717) is 12.3 Å². The number of benzene rings is 2. The van der Waals surface area contributed by atoms with Crippen LogP contribution in [-0.4, -0.2) is 29.9 Å². The molecule has 0 unspecified atom stereocenters. The monoisotopic (exact) mass is 355 g/mol. The topological polar surface area (TPSA) is 80.3 Å². The first kappa shape index (κ1) is 16.9. The molecule has 0 aliphatic rings. The summed E-state index contributed by atoms with van der Waals surface area (Å²) < 4.78 is 6.39. The summed E-state index contributed by atoms with van der Waals surface area (Å²) in [5, 5.41) is 6.09. The first-order valence-corrected chi connectivity index (χ1v) is 8.58. The van der Waals surface area contributed by atoms with Crippen LogP contribution < -0.4 is 15.4 Å². The summed E-state index contributed by atoms with van der Waals surface area (Å²) >= 11 is 1.54. The second-order valence-corrected chi connectivity index (χ2v) is 6.35. The first-order chi connectivity index (χ1) is 12.2. The number of aromatic nitrogens is 1. The molecule has 0 atom stereocenters. The van der Waals surface area contributed by atoms with Crippen LogP contribution in [0.5, 0.6) is 5.75 Å². The lowest BCUT2D eigenvalue weighted by atomic mass is 10.3. The van der Waals surface area contributed by atoms with Gasteiger partial charge in [-0.3, -0.25) is 9.59 Å². The number of nitrogens with zero attached hydrogens (tertiary/aromatic N) is 1. The fourth-order valence-corrected chi connectivity index (χ4v) is 3.03. The Hall–Kier alpha value is -2.93.